The molecule has 2 heterocycles. The molecule has 3 rings (SSSR count). The molecule has 3 aromatic rings. The fourth-order valence-electron chi connectivity index (χ4n) is 2.82. The Morgan fingerprint density at radius 3 is 2.62 bits per heavy atom. The van der Waals surface area contributed by atoms with Crippen LogP contribution in [0.5, 0.6) is 5.75 Å². The third kappa shape index (κ3) is 3.90. The molecule has 0 atom stereocenters. The van der Waals surface area contributed by atoms with Crippen LogP contribution in [0.3, 0.4) is 0 Å². The fraction of sp³-hybridized carbons (Fsp3) is 0.400. The second-order valence-corrected chi connectivity index (χ2v) is 8.11. The standard InChI is InChI=1S/C20H25N3O2S/c1-13(2)16-6-8-17(9-7-16)25-12-19(24)22(5)11-18-15(4)21-20-23(18)10-14(3)26-20/h6-10,13H,11-12H2,1-5H3. The lowest BCUT2D eigenvalue weighted by Gasteiger charge is -2.18. The predicted molar refractivity (Wildman–Crippen MR) is 105 cm³/mol. The lowest BCUT2D eigenvalue weighted by Crippen LogP contribution is -2.31. The van der Waals surface area contributed by atoms with Crippen molar-refractivity contribution in [3.8, 4) is 5.75 Å². The molecule has 0 spiro atoms. The number of aromatic nitrogens is 2. The van der Waals surface area contributed by atoms with Crippen LogP contribution in [-0.4, -0.2) is 33.8 Å². The number of amides is 1. The number of hydrogen-bond donors (Lipinski definition) is 0. The van der Waals surface area contributed by atoms with Crippen LogP contribution in [0, 0.1) is 13.8 Å². The van der Waals surface area contributed by atoms with Crippen molar-refractivity contribution in [2.45, 2.75) is 40.2 Å². The van der Waals surface area contributed by atoms with Crippen LogP contribution < -0.4 is 4.74 Å². The normalized spacial score (nSPS) is 11.3. The highest BCUT2D eigenvalue weighted by Gasteiger charge is 2.16. The number of ether oxygens (including phenoxy) is 1. The SMILES string of the molecule is Cc1cn2c(CN(C)C(=O)COc3ccc(C(C)C)cc3)c(C)nc2s1. The molecule has 0 saturated carbocycles. The van der Waals surface area contributed by atoms with E-state index in [1.807, 2.05) is 31.2 Å². The van der Waals surface area contributed by atoms with E-state index in [-0.39, 0.29) is 12.5 Å². The van der Waals surface area contributed by atoms with E-state index in [0.717, 1.165) is 16.3 Å². The Labute approximate surface area is 158 Å². The minimum atomic E-state index is -0.0563. The van der Waals surface area contributed by atoms with Gasteiger partial charge in [0.25, 0.3) is 5.91 Å². The second-order valence-electron chi connectivity index (χ2n) is 6.90. The highest BCUT2D eigenvalue weighted by molar-refractivity contribution is 7.17. The molecule has 5 nitrogen and oxygen atoms in total. The third-order valence-electron chi connectivity index (χ3n) is 4.46. The van der Waals surface area contributed by atoms with Gasteiger partial charge in [0.05, 0.1) is 17.9 Å². The van der Waals surface area contributed by atoms with Crippen LogP contribution in [0.2, 0.25) is 0 Å². The van der Waals surface area contributed by atoms with Gasteiger partial charge in [-0.25, -0.2) is 4.98 Å². The molecule has 0 aliphatic rings. The number of carbonyl (C=O) groups excluding carboxylic acids is 1. The van der Waals surface area contributed by atoms with Crippen molar-refractivity contribution in [2.24, 2.45) is 0 Å². The van der Waals surface area contributed by atoms with E-state index >= 15 is 0 Å². The van der Waals surface area contributed by atoms with E-state index in [1.54, 1.807) is 23.3 Å². The van der Waals surface area contributed by atoms with Gasteiger partial charge in [-0.2, -0.15) is 0 Å². The van der Waals surface area contributed by atoms with Gasteiger partial charge >= 0.3 is 0 Å². The smallest absolute Gasteiger partial charge is 0.260 e. The molecular weight excluding hydrogens is 346 g/mol. The van der Waals surface area contributed by atoms with Crippen molar-refractivity contribution < 1.29 is 9.53 Å². The summed E-state index contributed by atoms with van der Waals surface area (Å²) in [7, 11) is 1.80. The molecule has 0 bridgehead atoms. The maximum Gasteiger partial charge on any atom is 0.260 e. The lowest BCUT2D eigenvalue weighted by atomic mass is 10.0. The minimum Gasteiger partial charge on any atom is -0.484 e. The summed E-state index contributed by atoms with van der Waals surface area (Å²) < 4.78 is 7.73. The number of fused-ring (bicyclic) bond motifs is 1. The maximum absolute atomic E-state index is 12.4. The zero-order valence-electron chi connectivity index (χ0n) is 15.9. The van der Waals surface area contributed by atoms with E-state index in [2.05, 4.69) is 36.4 Å². The molecule has 0 fully saturated rings. The van der Waals surface area contributed by atoms with Gasteiger partial charge in [0.15, 0.2) is 11.6 Å². The highest BCUT2D eigenvalue weighted by atomic mass is 32.1. The van der Waals surface area contributed by atoms with Gasteiger partial charge in [-0.15, -0.1) is 11.3 Å². The molecule has 6 heteroatoms. The Kier molecular flexibility index (Phi) is 5.32. The molecule has 0 saturated heterocycles. The Morgan fingerprint density at radius 1 is 1.27 bits per heavy atom. The number of likely N-dealkylation sites (N-methyl/N-ethyl adjacent to an activating group) is 1. The zero-order valence-corrected chi connectivity index (χ0v) is 16.8. The first kappa shape index (κ1) is 18.5. The Morgan fingerprint density at radius 2 is 1.96 bits per heavy atom. The molecule has 26 heavy (non-hydrogen) atoms. The number of imidazole rings is 1. The molecule has 0 unspecified atom stereocenters. The molecule has 138 valence electrons. The van der Waals surface area contributed by atoms with Gasteiger partial charge in [-0.3, -0.25) is 9.20 Å². The van der Waals surface area contributed by atoms with Gasteiger partial charge in [0.1, 0.15) is 5.75 Å². The van der Waals surface area contributed by atoms with Crippen molar-refractivity contribution in [3.63, 3.8) is 0 Å². The molecule has 1 amide bonds. The Balaban J connectivity index is 1.61. The maximum atomic E-state index is 12.4. The van der Waals surface area contributed by atoms with Crippen LogP contribution >= 0.6 is 11.3 Å². The lowest BCUT2D eigenvalue weighted by molar-refractivity contribution is -0.132. The number of nitrogens with zero attached hydrogens (tertiary/aromatic N) is 3. The van der Waals surface area contributed by atoms with Crippen molar-refractivity contribution in [2.75, 3.05) is 13.7 Å². The minimum absolute atomic E-state index is 0.0290. The average Bonchev–Trinajstić information content (AvgIpc) is 3.09. The number of aryl methyl sites for hydroxylation is 2. The summed E-state index contributed by atoms with van der Waals surface area (Å²) in [4.78, 5) is 20.9. The molecule has 0 radical (unpaired) electrons. The number of carbonyl (C=O) groups is 1. The van der Waals surface area contributed by atoms with Crippen molar-refractivity contribution >= 4 is 22.2 Å². The monoisotopic (exact) mass is 371 g/mol. The number of benzene rings is 1. The Hall–Kier alpha value is -2.34. The summed E-state index contributed by atoms with van der Waals surface area (Å²) in [5.74, 6) is 1.14. The summed E-state index contributed by atoms with van der Waals surface area (Å²) in [6.45, 7) is 8.89. The molecule has 2 aromatic heterocycles. The largest absolute Gasteiger partial charge is 0.484 e. The van der Waals surface area contributed by atoms with Crippen LogP contribution in [0.25, 0.3) is 4.96 Å². The van der Waals surface area contributed by atoms with Gasteiger partial charge in [0, 0.05) is 18.1 Å². The van der Waals surface area contributed by atoms with E-state index in [9.17, 15) is 4.79 Å². The van der Waals surface area contributed by atoms with Gasteiger partial charge in [0.2, 0.25) is 0 Å². The average molecular weight is 372 g/mol. The first-order valence-electron chi connectivity index (χ1n) is 8.76. The summed E-state index contributed by atoms with van der Waals surface area (Å²) >= 11 is 1.66. The van der Waals surface area contributed by atoms with Gasteiger partial charge in [-0.1, -0.05) is 26.0 Å². The van der Waals surface area contributed by atoms with Gasteiger partial charge < -0.3 is 9.64 Å². The number of thiazole rings is 1. The van der Waals surface area contributed by atoms with Crippen molar-refractivity contribution in [3.05, 3.63) is 52.3 Å². The summed E-state index contributed by atoms with van der Waals surface area (Å²) in [6.07, 6.45) is 2.07. The van der Waals surface area contributed by atoms with E-state index in [4.69, 9.17) is 4.74 Å². The van der Waals surface area contributed by atoms with Crippen LogP contribution in [0.4, 0.5) is 0 Å². The van der Waals surface area contributed by atoms with E-state index < -0.39 is 0 Å². The fourth-order valence-corrected chi connectivity index (χ4v) is 3.71. The zero-order chi connectivity index (χ0) is 18.8. The highest BCUT2D eigenvalue weighted by Crippen LogP contribution is 2.22. The first-order chi connectivity index (χ1) is 12.3. The van der Waals surface area contributed by atoms with Crippen LogP contribution in [0.15, 0.2) is 30.5 Å². The third-order valence-corrected chi connectivity index (χ3v) is 5.36. The van der Waals surface area contributed by atoms with Crippen molar-refractivity contribution in [1.29, 1.82) is 0 Å². The Bertz CT molecular complexity index is 909. The van der Waals surface area contributed by atoms with E-state index in [1.165, 1.54) is 10.4 Å². The van der Waals surface area contributed by atoms with E-state index in [0.29, 0.717) is 18.2 Å². The topological polar surface area (TPSA) is 46.8 Å². The quantitative estimate of drug-likeness (QED) is 0.653. The predicted octanol–water partition coefficient (Wildman–Crippen LogP) is 4.17. The molecule has 0 aliphatic carbocycles. The molecule has 1 aromatic carbocycles. The number of rotatable bonds is 6. The van der Waals surface area contributed by atoms with Crippen LogP contribution in [-0.2, 0) is 11.3 Å². The summed E-state index contributed by atoms with van der Waals surface area (Å²) in [6, 6.07) is 7.92. The van der Waals surface area contributed by atoms with Crippen molar-refractivity contribution in [1.82, 2.24) is 14.3 Å². The second kappa shape index (κ2) is 7.50. The van der Waals surface area contributed by atoms with Crippen LogP contribution in [0.1, 0.15) is 41.6 Å². The first-order valence-corrected chi connectivity index (χ1v) is 9.57. The summed E-state index contributed by atoms with van der Waals surface area (Å²) in [5.41, 5.74) is 3.26. The van der Waals surface area contributed by atoms with Gasteiger partial charge in [-0.05, 0) is 37.5 Å². The molecule has 0 N–H and O–H groups in total. The number of hydrogen-bond acceptors (Lipinski definition) is 4. The molecular formula is C20H25N3O2S. The molecule has 0 aliphatic heterocycles. The summed E-state index contributed by atoms with van der Waals surface area (Å²) in [5, 5.41) is 0.